The molecule has 0 amide bonds. The summed E-state index contributed by atoms with van der Waals surface area (Å²) in [5, 5.41) is 9.42. The van der Waals surface area contributed by atoms with Gasteiger partial charge in [-0.2, -0.15) is 0 Å². The monoisotopic (exact) mass is 212 g/mol. The molecular weight excluding hydrogens is 188 g/mol. The van der Waals surface area contributed by atoms with Crippen molar-refractivity contribution in [1.29, 1.82) is 0 Å². The van der Waals surface area contributed by atoms with Crippen molar-refractivity contribution in [3.8, 4) is 0 Å². The second-order valence-electron chi connectivity index (χ2n) is 5.20. The zero-order valence-corrected chi connectivity index (χ0v) is 9.57. The van der Waals surface area contributed by atoms with Crippen molar-refractivity contribution in [2.45, 2.75) is 25.7 Å². The van der Waals surface area contributed by atoms with Crippen LogP contribution >= 0.6 is 0 Å². The molecule has 0 radical (unpaired) electrons. The summed E-state index contributed by atoms with van der Waals surface area (Å²) in [6.45, 7) is 4.75. The first-order valence-electron chi connectivity index (χ1n) is 6.38. The first-order valence-corrected chi connectivity index (χ1v) is 6.38. The molecule has 3 N–H and O–H groups in total. The second-order valence-corrected chi connectivity index (χ2v) is 5.20. The summed E-state index contributed by atoms with van der Waals surface area (Å²) < 4.78 is 0. The Morgan fingerprint density at radius 3 is 2.40 bits per heavy atom. The molecule has 3 heteroatoms. The molecule has 1 saturated carbocycles. The van der Waals surface area contributed by atoms with E-state index in [2.05, 4.69) is 4.90 Å². The van der Waals surface area contributed by atoms with Crippen LogP contribution in [0.4, 0.5) is 0 Å². The highest BCUT2D eigenvalue weighted by molar-refractivity contribution is 4.89. The molecule has 2 bridgehead atoms. The summed E-state index contributed by atoms with van der Waals surface area (Å²) in [5.74, 6) is 2.09. The number of hydrogen-bond donors (Lipinski definition) is 2. The van der Waals surface area contributed by atoms with Crippen molar-refractivity contribution in [3.05, 3.63) is 0 Å². The molecular formula is C12H24N2O. The van der Waals surface area contributed by atoms with Crippen LogP contribution < -0.4 is 5.73 Å². The van der Waals surface area contributed by atoms with E-state index in [0.717, 1.165) is 31.3 Å². The molecule has 2 unspecified atom stereocenters. The van der Waals surface area contributed by atoms with Gasteiger partial charge in [0.05, 0.1) is 0 Å². The Labute approximate surface area is 92.6 Å². The van der Waals surface area contributed by atoms with Gasteiger partial charge in [-0.3, -0.25) is 0 Å². The van der Waals surface area contributed by atoms with E-state index in [1.54, 1.807) is 0 Å². The number of aliphatic hydroxyl groups excluding tert-OH is 1. The molecule has 1 aliphatic carbocycles. The van der Waals surface area contributed by atoms with Gasteiger partial charge in [0, 0.05) is 19.7 Å². The van der Waals surface area contributed by atoms with Crippen molar-refractivity contribution < 1.29 is 5.11 Å². The quantitative estimate of drug-likeness (QED) is 0.720. The van der Waals surface area contributed by atoms with Gasteiger partial charge in [-0.15, -0.1) is 0 Å². The van der Waals surface area contributed by atoms with Crippen LogP contribution in [-0.4, -0.2) is 42.8 Å². The number of fused-ring (bicyclic) bond motifs is 2. The van der Waals surface area contributed by atoms with Gasteiger partial charge in [0.1, 0.15) is 0 Å². The molecule has 2 fully saturated rings. The van der Waals surface area contributed by atoms with Gasteiger partial charge >= 0.3 is 0 Å². The van der Waals surface area contributed by atoms with Crippen LogP contribution in [0.25, 0.3) is 0 Å². The lowest BCUT2D eigenvalue weighted by molar-refractivity contribution is -0.00650. The number of aliphatic hydroxyl groups is 1. The summed E-state index contributed by atoms with van der Waals surface area (Å²) in [5.41, 5.74) is 5.55. The Morgan fingerprint density at radius 1 is 1.20 bits per heavy atom. The van der Waals surface area contributed by atoms with E-state index >= 15 is 0 Å². The number of nitrogens with two attached hydrogens (primary N) is 1. The van der Waals surface area contributed by atoms with Crippen LogP contribution in [0.2, 0.25) is 0 Å². The SMILES string of the molecule is NCCCN1CC2CCCC(C1)C2CO. The van der Waals surface area contributed by atoms with E-state index in [1.165, 1.54) is 32.4 Å². The van der Waals surface area contributed by atoms with E-state index in [0.29, 0.717) is 12.5 Å². The predicted octanol–water partition coefficient (Wildman–Crippen LogP) is 0.676. The molecule has 2 rings (SSSR count). The van der Waals surface area contributed by atoms with Crippen molar-refractivity contribution in [3.63, 3.8) is 0 Å². The highest BCUT2D eigenvalue weighted by Gasteiger charge is 2.38. The Bertz CT molecular complexity index is 184. The van der Waals surface area contributed by atoms with Gasteiger partial charge in [-0.1, -0.05) is 6.42 Å². The van der Waals surface area contributed by atoms with Crippen molar-refractivity contribution >= 4 is 0 Å². The van der Waals surface area contributed by atoms with Crippen molar-refractivity contribution in [2.24, 2.45) is 23.5 Å². The van der Waals surface area contributed by atoms with Crippen LogP contribution in [0.15, 0.2) is 0 Å². The van der Waals surface area contributed by atoms with Crippen LogP contribution in [0, 0.1) is 17.8 Å². The third kappa shape index (κ3) is 2.52. The van der Waals surface area contributed by atoms with Crippen LogP contribution in [0.5, 0.6) is 0 Å². The molecule has 0 aromatic carbocycles. The summed E-state index contributed by atoms with van der Waals surface area (Å²) >= 11 is 0. The number of nitrogens with zero attached hydrogens (tertiary/aromatic N) is 1. The van der Waals surface area contributed by atoms with Gasteiger partial charge < -0.3 is 15.7 Å². The summed E-state index contributed by atoms with van der Waals surface area (Å²) in [7, 11) is 0. The normalized spacial score (nSPS) is 36.8. The fraction of sp³-hybridized carbons (Fsp3) is 1.00. The number of piperidine rings is 1. The molecule has 3 nitrogen and oxygen atoms in total. The van der Waals surface area contributed by atoms with Gasteiger partial charge in [0.25, 0.3) is 0 Å². The predicted molar refractivity (Wildman–Crippen MR) is 61.5 cm³/mol. The maximum absolute atomic E-state index is 9.42. The molecule has 88 valence electrons. The van der Waals surface area contributed by atoms with Gasteiger partial charge in [-0.25, -0.2) is 0 Å². The van der Waals surface area contributed by atoms with E-state index in [-0.39, 0.29) is 0 Å². The summed E-state index contributed by atoms with van der Waals surface area (Å²) in [4.78, 5) is 2.56. The standard InChI is InChI=1S/C12H24N2O/c13-5-2-6-14-7-10-3-1-4-11(8-14)12(10)9-15/h10-12,15H,1-9,13H2. The van der Waals surface area contributed by atoms with Gasteiger partial charge in [0.2, 0.25) is 0 Å². The molecule has 1 saturated heterocycles. The lowest BCUT2D eigenvalue weighted by Gasteiger charge is -2.47. The largest absolute Gasteiger partial charge is 0.396 e. The average Bonchev–Trinajstić information content (AvgIpc) is 2.24. The minimum Gasteiger partial charge on any atom is -0.396 e. The molecule has 1 aliphatic heterocycles. The third-order valence-electron chi connectivity index (χ3n) is 4.24. The van der Waals surface area contributed by atoms with Crippen molar-refractivity contribution in [1.82, 2.24) is 4.90 Å². The average molecular weight is 212 g/mol. The van der Waals surface area contributed by atoms with Gasteiger partial charge in [-0.05, 0) is 50.1 Å². The smallest absolute Gasteiger partial charge is 0.0465 e. The number of hydrogen-bond acceptors (Lipinski definition) is 3. The molecule has 0 spiro atoms. The summed E-state index contributed by atoms with van der Waals surface area (Å²) in [6.07, 6.45) is 5.13. The van der Waals surface area contributed by atoms with Crippen LogP contribution in [0.1, 0.15) is 25.7 Å². The van der Waals surface area contributed by atoms with Crippen LogP contribution in [0.3, 0.4) is 0 Å². The van der Waals surface area contributed by atoms with Crippen molar-refractivity contribution in [2.75, 3.05) is 32.8 Å². The first-order chi connectivity index (χ1) is 7.35. The fourth-order valence-corrected chi connectivity index (χ4v) is 3.44. The molecule has 2 atom stereocenters. The molecule has 0 aromatic rings. The zero-order chi connectivity index (χ0) is 10.7. The maximum Gasteiger partial charge on any atom is 0.0465 e. The maximum atomic E-state index is 9.42. The van der Waals surface area contributed by atoms with E-state index in [4.69, 9.17) is 5.73 Å². The number of rotatable bonds is 4. The van der Waals surface area contributed by atoms with E-state index in [1.807, 2.05) is 0 Å². The molecule has 2 aliphatic rings. The lowest BCUT2D eigenvalue weighted by atomic mass is 9.69. The minimum atomic E-state index is 0.403. The zero-order valence-electron chi connectivity index (χ0n) is 9.57. The van der Waals surface area contributed by atoms with E-state index in [9.17, 15) is 5.11 Å². The third-order valence-corrected chi connectivity index (χ3v) is 4.24. The first kappa shape index (κ1) is 11.4. The molecule has 0 aromatic heterocycles. The fourth-order valence-electron chi connectivity index (χ4n) is 3.44. The topological polar surface area (TPSA) is 49.5 Å². The van der Waals surface area contributed by atoms with E-state index < -0.39 is 0 Å². The molecule has 15 heavy (non-hydrogen) atoms. The Hall–Kier alpha value is -0.120. The second kappa shape index (κ2) is 5.28. The highest BCUT2D eigenvalue weighted by Crippen LogP contribution is 2.39. The Balaban J connectivity index is 1.90. The Kier molecular flexibility index (Phi) is 4.00. The molecule has 1 heterocycles. The highest BCUT2D eigenvalue weighted by atomic mass is 16.3. The lowest BCUT2D eigenvalue weighted by Crippen LogP contribution is -2.50. The minimum absolute atomic E-state index is 0.403. The van der Waals surface area contributed by atoms with Gasteiger partial charge in [0.15, 0.2) is 0 Å². The number of likely N-dealkylation sites (tertiary alicyclic amines) is 1. The van der Waals surface area contributed by atoms with Crippen LogP contribution in [-0.2, 0) is 0 Å². The Morgan fingerprint density at radius 2 is 1.87 bits per heavy atom. The summed E-state index contributed by atoms with van der Waals surface area (Å²) in [6, 6.07) is 0.